The van der Waals surface area contributed by atoms with Crippen molar-refractivity contribution in [3.8, 4) is 0 Å². The van der Waals surface area contributed by atoms with Crippen LogP contribution in [0.4, 0.5) is 0 Å². The van der Waals surface area contributed by atoms with Crippen molar-refractivity contribution in [1.82, 2.24) is 0 Å². The topological polar surface area (TPSA) is 46.2 Å². The van der Waals surface area contributed by atoms with Crippen LogP contribution in [0.25, 0.3) is 0 Å². The average Bonchev–Trinajstić information content (AvgIpc) is 1.87. The lowest BCUT2D eigenvalue weighted by molar-refractivity contribution is -0.0825. The Kier molecular flexibility index (Phi) is 3.09. The van der Waals surface area contributed by atoms with Gasteiger partial charge in [0.15, 0.2) is 0 Å². The van der Waals surface area contributed by atoms with E-state index in [0.717, 1.165) is 0 Å². The zero-order valence-electron chi connectivity index (χ0n) is 8.31. The summed E-state index contributed by atoms with van der Waals surface area (Å²) in [6.07, 6.45) is 0. The Balaban J connectivity index is 4.53. The van der Waals surface area contributed by atoms with Crippen LogP contribution < -0.4 is 5.73 Å². The van der Waals surface area contributed by atoms with Crippen LogP contribution in [-0.4, -0.2) is 17.3 Å². The Bertz CT molecular complexity index is 128. The third-order valence-corrected chi connectivity index (χ3v) is 3.00. The molecule has 68 valence electrons. The van der Waals surface area contributed by atoms with Gasteiger partial charge in [-0.2, -0.15) is 0 Å². The van der Waals surface area contributed by atoms with Gasteiger partial charge in [-0.05, 0) is 12.8 Å². The molecule has 0 aromatic heterocycles. The molecule has 0 aliphatic carbocycles. The van der Waals surface area contributed by atoms with Crippen LogP contribution in [0.5, 0.6) is 0 Å². The van der Waals surface area contributed by atoms with Crippen LogP contribution in [-0.2, 0) is 0 Å². The van der Waals surface area contributed by atoms with Gasteiger partial charge >= 0.3 is 0 Å². The van der Waals surface area contributed by atoms with Crippen molar-refractivity contribution in [2.75, 3.05) is 6.54 Å². The largest absolute Gasteiger partial charge is 0.389 e. The summed E-state index contributed by atoms with van der Waals surface area (Å²) in [5.41, 5.74) is 4.68. The number of hydrogen-bond donors (Lipinski definition) is 2. The third kappa shape index (κ3) is 1.94. The van der Waals surface area contributed by atoms with Gasteiger partial charge in [-0.15, -0.1) is 0 Å². The van der Waals surface area contributed by atoms with Gasteiger partial charge in [0.1, 0.15) is 0 Å². The van der Waals surface area contributed by atoms with E-state index in [9.17, 15) is 5.11 Å². The van der Waals surface area contributed by atoms with E-state index in [1.54, 1.807) is 0 Å². The van der Waals surface area contributed by atoms with Gasteiger partial charge in [-0.3, -0.25) is 0 Å². The minimum Gasteiger partial charge on any atom is -0.389 e. The summed E-state index contributed by atoms with van der Waals surface area (Å²) in [5, 5.41) is 10.0. The molecule has 11 heavy (non-hydrogen) atoms. The predicted molar refractivity (Wildman–Crippen MR) is 48.3 cm³/mol. The van der Waals surface area contributed by atoms with Crippen LogP contribution in [0, 0.1) is 11.3 Å². The molecule has 1 atom stereocenters. The van der Waals surface area contributed by atoms with Crippen molar-refractivity contribution in [1.29, 1.82) is 0 Å². The number of hydrogen-bond acceptors (Lipinski definition) is 2. The standard InChI is InChI=1S/C9H21NO/c1-7(2)9(5,11)8(3,4)6-10/h7,11H,6,10H2,1-5H3. The Labute approximate surface area is 69.8 Å². The van der Waals surface area contributed by atoms with E-state index in [1.165, 1.54) is 0 Å². The molecule has 0 spiro atoms. The highest BCUT2D eigenvalue weighted by atomic mass is 16.3. The minimum absolute atomic E-state index is 0.207. The second-order valence-electron chi connectivity index (χ2n) is 4.39. The fourth-order valence-electron chi connectivity index (χ4n) is 0.988. The highest BCUT2D eigenvalue weighted by Gasteiger charge is 2.40. The van der Waals surface area contributed by atoms with E-state index >= 15 is 0 Å². The summed E-state index contributed by atoms with van der Waals surface area (Å²) < 4.78 is 0. The number of aliphatic hydroxyl groups is 1. The average molecular weight is 159 g/mol. The van der Waals surface area contributed by atoms with Crippen LogP contribution in [0.1, 0.15) is 34.6 Å². The number of nitrogens with two attached hydrogens (primary N) is 1. The molecule has 0 aromatic rings. The summed E-state index contributed by atoms with van der Waals surface area (Å²) in [5.74, 6) is 0.237. The second-order valence-corrected chi connectivity index (χ2v) is 4.39. The minimum atomic E-state index is -0.679. The lowest BCUT2D eigenvalue weighted by Gasteiger charge is -2.42. The smallest absolute Gasteiger partial charge is 0.0705 e. The first-order valence-electron chi connectivity index (χ1n) is 4.18. The van der Waals surface area contributed by atoms with Gasteiger partial charge in [-0.1, -0.05) is 27.7 Å². The molecule has 0 fully saturated rings. The van der Waals surface area contributed by atoms with E-state index in [-0.39, 0.29) is 11.3 Å². The fraction of sp³-hybridized carbons (Fsp3) is 1.00. The van der Waals surface area contributed by atoms with E-state index in [0.29, 0.717) is 6.54 Å². The van der Waals surface area contributed by atoms with E-state index in [1.807, 2.05) is 34.6 Å². The lowest BCUT2D eigenvalue weighted by Crippen LogP contribution is -2.50. The maximum atomic E-state index is 10.0. The molecule has 0 aliphatic heterocycles. The lowest BCUT2D eigenvalue weighted by atomic mass is 9.70. The van der Waals surface area contributed by atoms with Gasteiger partial charge in [0.2, 0.25) is 0 Å². The Morgan fingerprint density at radius 1 is 1.27 bits per heavy atom. The molecule has 0 aliphatic rings. The van der Waals surface area contributed by atoms with Gasteiger partial charge in [0.25, 0.3) is 0 Å². The summed E-state index contributed by atoms with van der Waals surface area (Å²) in [6, 6.07) is 0. The summed E-state index contributed by atoms with van der Waals surface area (Å²) in [7, 11) is 0. The molecule has 1 unspecified atom stereocenters. The molecule has 0 amide bonds. The predicted octanol–water partition coefficient (Wildman–Crippen LogP) is 1.38. The summed E-state index contributed by atoms with van der Waals surface area (Å²) in [6.45, 7) is 10.4. The third-order valence-electron chi connectivity index (χ3n) is 3.00. The van der Waals surface area contributed by atoms with E-state index < -0.39 is 5.60 Å². The van der Waals surface area contributed by atoms with Gasteiger partial charge in [0.05, 0.1) is 5.60 Å². The highest BCUT2D eigenvalue weighted by Crippen LogP contribution is 2.35. The molecule has 2 heteroatoms. The first-order valence-corrected chi connectivity index (χ1v) is 4.18. The fourth-order valence-corrected chi connectivity index (χ4v) is 0.988. The van der Waals surface area contributed by atoms with Crippen molar-refractivity contribution >= 4 is 0 Å². The van der Waals surface area contributed by atoms with Crippen molar-refractivity contribution in [3.63, 3.8) is 0 Å². The maximum absolute atomic E-state index is 10.0. The molecule has 0 rings (SSSR count). The quantitative estimate of drug-likeness (QED) is 0.653. The first kappa shape index (κ1) is 10.9. The van der Waals surface area contributed by atoms with Crippen LogP contribution >= 0.6 is 0 Å². The van der Waals surface area contributed by atoms with Crippen molar-refractivity contribution in [2.24, 2.45) is 17.1 Å². The molecular weight excluding hydrogens is 138 g/mol. The zero-order valence-corrected chi connectivity index (χ0v) is 8.31. The van der Waals surface area contributed by atoms with Gasteiger partial charge in [-0.25, -0.2) is 0 Å². The normalized spacial score (nSPS) is 18.5. The molecule has 0 aromatic carbocycles. The van der Waals surface area contributed by atoms with Crippen molar-refractivity contribution < 1.29 is 5.11 Å². The summed E-state index contributed by atoms with van der Waals surface area (Å²) >= 11 is 0. The monoisotopic (exact) mass is 159 g/mol. The number of rotatable bonds is 3. The summed E-state index contributed by atoms with van der Waals surface area (Å²) in [4.78, 5) is 0. The Hall–Kier alpha value is -0.0800. The highest BCUT2D eigenvalue weighted by molar-refractivity contribution is 4.92. The van der Waals surface area contributed by atoms with Crippen LogP contribution in [0.3, 0.4) is 0 Å². The van der Waals surface area contributed by atoms with E-state index in [4.69, 9.17) is 5.73 Å². The van der Waals surface area contributed by atoms with Crippen molar-refractivity contribution in [3.05, 3.63) is 0 Å². The Morgan fingerprint density at radius 2 is 1.64 bits per heavy atom. The molecule has 0 bridgehead atoms. The van der Waals surface area contributed by atoms with Gasteiger partial charge in [0, 0.05) is 12.0 Å². The molecule has 3 N–H and O–H groups in total. The zero-order chi connectivity index (χ0) is 9.28. The van der Waals surface area contributed by atoms with Crippen molar-refractivity contribution in [2.45, 2.75) is 40.2 Å². The maximum Gasteiger partial charge on any atom is 0.0705 e. The van der Waals surface area contributed by atoms with Gasteiger partial charge < -0.3 is 10.8 Å². The molecule has 0 radical (unpaired) electrons. The molecule has 2 nitrogen and oxygen atoms in total. The SMILES string of the molecule is CC(C)C(C)(O)C(C)(C)CN. The Morgan fingerprint density at radius 3 is 1.73 bits per heavy atom. The second kappa shape index (κ2) is 3.11. The molecule has 0 saturated carbocycles. The molecular formula is C9H21NO. The first-order chi connectivity index (χ1) is 4.75. The van der Waals surface area contributed by atoms with Crippen LogP contribution in [0.15, 0.2) is 0 Å². The molecule has 0 heterocycles. The van der Waals surface area contributed by atoms with Crippen LogP contribution in [0.2, 0.25) is 0 Å². The van der Waals surface area contributed by atoms with E-state index in [2.05, 4.69) is 0 Å². The molecule has 0 saturated heterocycles.